The maximum atomic E-state index is 13.7. The van der Waals surface area contributed by atoms with Gasteiger partial charge in [0.15, 0.2) is 0 Å². The molecular formula is C19H21FO3. The quantitative estimate of drug-likeness (QED) is 0.595. The number of hydrogen-bond acceptors (Lipinski definition) is 3. The van der Waals surface area contributed by atoms with Crippen LogP contribution in [0.15, 0.2) is 30.3 Å². The maximum absolute atomic E-state index is 13.7. The fourth-order valence-electron chi connectivity index (χ4n) is 2.26. The monoisotopic (exact) mass is 316 g/mol. The van der Waals surface area contributed by atoms with Crippen LogP contribution in [-0.2, 0) is 11.4 Å². The highest BCUT2D eigenvalue weighted by molar-refractivity contribution is 5.72. The summed E-state index contributed by atoms with van der Waals surface area (Å²) in [5.74, 6) is 0.383. The Morgan fingerprint density at radius 3 is 2.48 bits per heavy atom. The normalized spacial score (nSPS) is 10.5. The molecule has 0 heterocycles. The minimum Gasteiger partial charge on any atom is -0.488 e. The first-order valence-electron chi connectivity index (χ1n) is 7.61. The lowest BCUT2D eigenvalue weighted by atomic mass is 10.1. The third-order valence-electron chi connectivity index (χ3n) is 3.71. The second-order valence-electron chi connectivity index (χ2n) is 5.53. The highest BCUT2D eigenvalue weighted by Crippen LogP contribution is 2.27. The average molecular weight is 316 g/mol. The van der Waals surface area contributed by atoms with Gasteiger partial charge >= 0.3 is 5.97 Å². The van der Waals surface area contributed by atoms with Crippen molar-refractivity contribution in [1.82, 2.24) is 0 Å². The van der Waals surface area contributed by atoms with E-state index in [9.17, 15) is 9.18 Å². The number of rotatable bonds is 5. The first kappa shape index (κ1) is 17.0. The second kappa shape index (κ2) is 7.27. The highest BCUT2D eigenvalue weighted by Gasteiger charge is 2.12. The van der Waals surface area contributed by atoms with Crippen molar-refractivity contribution in [2.24, 2.45) is 0 Å². The molecule has 3 nitrogen and oxygen atoms in total. The Morgan fingerprint density at radius 1 is 1.04 bits per heavy atom. The number of carbonyl (C=O) groups is 1. The van der Waals surface area contributed by atoms with Crippen molar-refractivity contribution in [2.45, 2.75) is 40.7 Å². The van der Waals surface area contributed by atoms with E-state index in [0.717, 1.165) is 16.7 Å². The van der Waals surface area contributed by atoms with E-state index in [1.165, 1.54) is 6.07 Å². The van der Waals surface area contributed by atoms with Crippen molar-refractivity contribution in [3.63, 3.8) is 0 Å². The molecule has 0 amide bonds. The zero-order valence-electron chi connectivity index (χ0n) is 13.9. The Balaban J connectivity index is 2.23. The van der Waals surface area contributed by atoms with E-state index in [-0.39, 0.29) is 18.4 Å². The maximum Gasteiger partial charge on any atom is 0.310 e. The number of benzene rings is 2. The standard InChI is InChI=1S/C19H21FO3/c1-5-19(21)23-17-8-6-7-12(2)15(17)11-22-18-10-16(20)13(3)9-14(18)4/h6-10H,5,11H2,1-4H3. The summed E-state index contributed by atoms with van der Waals surface area (Å²) in [5.41, 5.74) is 3.19. The SMILES string of the molecule is CCC(=O)Oc1cccc(C)c1COc1cc(F)c(C)cc1C. The summed E-state index contributed by atoms with van der Waals surface area (Å²) in [6.45, 7) is 7.47. The molecule has 4 heteroatoms. The number of esters is 1. The fraction of sp³-hybridized carbons (Fsp3) is 0.316. The van der Waals surface area contributed by atoms with Crippen LogP contribution in [0.4, 0.5) is 4.39 Å². The van der Waals surface area contributed by atoms with E-state index in [2.05, 4.69) is 0 Å². The summed E-state index contributed by atoms with van der Waals surface area (Å²) >= 11 is 0. The first-order valence-corrected chi connectivity index (χ1v) is 7.61. The minimum atomic E-state index is -0.298. The van der Waals surface area contributed by atoms with Gasteiger partial charge in [-0.3, -0.25) is 4.79 Å². The Hall–Kier alpha value is -2.36. The molecule has 0 aliphatic heterocycles. The van der Waals surface area contributed by atoms with Gasteiger partial charge in [0.1, 0.15) is 23.9 Å². The van der Waals surface area contributed by atoms with Crippen molar-refractivity contribution >= 4 is 5.97 Å². The number of ether oxygens (including phenoxy) is 2. The summed E-state index contributed by atoms with van der Waals surface area (Å²) in [4.78, 5) is 11.5. The molecule has 2 aromatic carbocycles. The summed E-state index contributed by atoms with van der Waals surface area (Å²) < 4.78 is 24.8. The minimum absolute atomic E-state index is 0.211. The molecule has 0 saturated heterocycles. The highest BCUT2D eigenvalue weighted by atomic mass is 19.1. The van der Waals surface area contributed by atoms with E-state index < -0.39 is 0 Å². The lowest BCUT2D eigenvalue weighted by Gasteiger charge is -2.15. The largest absolute Gasteiger partial charge is 0.488 e. The van der Waals surface area contributed by atoms with Gasteiger partial charge in [-0.15, -0.1) is 0 Å². The van der Waals surface area contributed by atoms with Crippen LogP contribution in [0.25, 0.3) is 0 Å². The molecule has 0 radical (unpaired) electrons. The van der Waals surface area contributed by atoms with Gasteiger partial charge in [0.2, 0.25) is 0 Å². The predicted octanol–water partition coefficient (Wildman–Crippen LogP) is 4.65. The van der Waals surface area contributed by atoms with Crippen LogP contribution in [0, 0.1) is 26.6 Å². The second-order valence-corrected chi connectivity index (χ2v) is 5.53. The Labute approximate surface area is 136 Å². The molecule has 0 unspecified atom stereocenters. The van der Waals surface area contributed by atoms with E-state index in [1.54, 1.807) is 26.0 Å². The van der Waals surface area contributed by atoms with Crippen LogP contribution in [0.1, 0.15) is 35.6 Å². The predicted molar refractivity (Wildman–Crippen MR) is 87.3 cm³/mol. The molecule has 2 rings (SSSR count). The molecule has 0 N–H and O–H groups in total. The summed E-state index contributed by atoms with van der Waals surface area (Å²) in [6.07, 6.45) is 0.302. The molecule has 0 spiro atoms. The molecule has 0 aliphatic rings. The van der Waals surface area contributed by atoms with Crippen molar-refractivity contribution in [3.8, 4) is 11.5 Å². The van der Waals surface area contributed by atoms with Crippen LogP contribution in [0.3, 0.4) is 0 Å². The Bertz CT molecular complexity index is 723. The zero-order valence-corrected chi connectivity index (χ0v) is 13.9. The van der Waals surface area contributed by atoms with Crippen LogP contribution < -0.4 is 9.47 Å². The Morgan fingerprint density at radius 2 is 1.78 bits per heavy atom. The molecule has 23 heavy (non-hydrogen) atoms. The molecule has 0 aliphatic carbocycles. The summed E-state index contributed by atoms with van der Waals surface area (Å²) in [5, 5.41) is 0. The first-order chi connectivity index (χ1) is 10.9. The molecule has 0 saturated carbocycles. The van der Waals surface area contributed by atoms with Crippen LogP contribution in [0.2, 0.25) is 0 Å². The van der Waals surface area contributed by atoms with Crippen LogP contribution in [0.5, 0.6) is 11.5 Å². The van der Waals surface area contributed by atoms with E-state index in [0.29, 0.717) is 23.5 Å². The molecule has 0 aromatic heterocycles. The lowest BCUT2D eigenvalue weighted by molar-refractivity contribution is -0.134. The van der Waals surface area contributed by atoms with Gasteiger partial charge in [-0.1, -0.05) is 19.1 Å². The van der Waals surface area contributed by atoms with Crippen molar-refractivity contribution < 1.29 is 18.7 Å². The smallest absolute Gasteiger partial charge is 0.310 e. The van der Waals surface area contributed by atoms with Crippen LogP contribution >= 0.6 is 0 Å². The molecule has 0 fully saturated rings. The van der Waals surface area contributed by atoms with Gasteiger partial charge in [-0.25, -0.2) is 4.39 Å². The molecule has 0 atom stereocenters. The van der Waals surface area contributed by atoms with Gasteiger partial charge in [-0.2, -0.15) is 0 Å². The number of hydrogen-bond donors (Lipinski definition) is 0. The third kappa shape index (κ3) is 4.09. The number of halogens is 1. The molecule has 0 bridgehead atoms. The average Bonchev–Trinajstić information content (AvgIpc) is 2.51. The zero-order chi connectivity index (χ0) is 17.0. The number of aryl methyl sites for hydroxylation is 3. The van der Waals surface area contributed by atoms with Crippen molar-refractivity contribution in [1.29, 1.82) is 0 Å². The van der Waals surface area contributed by atoms with Crippen LogP contribution in [-0.4, -0.2) is 5.97 Å². The number of carbonyl (C=O) groups excluding carboxylic acids is 1. The summed E-state index contributed by atoms with van der Waals surface area (Å²) in [7, 11) is 0. The lowest BCUT2D eigenvalue weighted by Crippen LogP contribution is -2.09. The van der Waals surface area contributed by atoms with Gasteiger partial charge in [0.25, 0.3) is 0 Å². The molecule has 122 valence electrons. The van der Waals surface area contributed by atoms with Crippen molar-refractivity contribution in [2.75, 3.05) is 0 Å². The van der Waals surface area contributed by atoms with Gasteiger partial charge in [-0.05, 0) is 49.6 Å². The van der Waals surface area contributed by atoms with E-state index >= 15 is 0 Å². The third-order valence-corrected chi connectivity index (χ3v) is 3.71. The van der Waals surface area contributed by atoms with E-state index in [1.807, 2.05) is 26.0 Å². The molecule has 2 aromatic rings. The fourth-order valence-corrected chi connectivity index (χ4v) is 2.26. The Kier molecular flexibility index (Phi) is 5.37. The van der Waals surface area contributed by atoms with Gasteiger partial charge in [0, 0.05) is 18.1 Å². The van der Waals surface area contributed by atoms with Crippen molar-refractivity contribution in [3.05, 3.63) is 58.4 Å². The van der Waals surface area contributed by atoms with E-state index in [4.69, 9.17) is 9.47 Å². The van der Waals surface area contributed by atoms with Gasteiger partial charge < -0.3 is 9.47 Å². The molecular weight excluding hydrogens is 295 g/mol. The topological polar surface area (TPSA) is 35.5 Å². The van der Waals surface area contributed by atoms with Gasteiger partial charge in [0.05, 0.1) is 0 Å². The summed E-state index contributed by atoms with van der Waals surface area (Å²) in [6, 6.07) is 8.63.